The van der Waals surface area contributed by atoms with E-state index in [0.717, 1.165) is 19.1 Å². The Balaban J connectivity index is 2.14. The number of anilines is 1. The van der Waals surface area contributed by atoms with Crippen LogP contribution in [0.3, 0.4) is 0 Å². The number of carbonyl (C=O) groups excluding carboxylic acids is 1. The first-order chi connectivity index (χ1) is 8.86. The molecule has 0 atom stereocenters. The van der Waals surface area contributed by atoms with E-state index in [4.69, 9.17) is 5.73 Å². The van der Waals surface area contributed by atoms with E-state index in [2.05, 4.69) is 5.32 Å². The SMILES string of the molecule is CS(=O)(=O)c1cc(N)cc(C(=O)NCC2CCC2)c1. The van der Waals surface area contributed by atoms with Crippen molar-refractivity contribution in [3.8, 4) is 0 Å². The number of nitrogens with two attached hydrogens (primary N) is 1. The standard InChI is InChI=1S/C13H18N2O3S/c1-19(17,18)12-6-10(5-11(14)7-12)13(16)15-8-9-3-2-4-9/h5-7,9H,2-4,8,14H2,1H3,(H,15,16). The fraction of sp³-hybridized carbons (Fsp3) is 0.462. The largest absolute Gasteiger partial charge is 0.399 e. The van der Waals surface area contributed by atoms with Crippen molar-refractivity contribution in [1.29, 1.82) is 0 Å². The Kier molecular flexibility index (Phi) is 3.80. The van der Waals surface area contributed by atoms with Crippen molar-refractivity contribution in [2.75, 3.05) is 18.5 Å². The first-order valence-corrected chi connectivity index (χ1v) is 8.14. The first-order valence-electron chi connectivity index (χ1n) is 6.25. The molecule has 1 fully saturated rings. The molecule has 1 aromatic carbocycles. The number of sulfone groups is 1. The normalized spacial score (nSPS) is 15.8. The molecule has 19 heavy (non-hydrogen) atoms. The Morgan fingerprint density at radius 2 is 2.05 bits per heavy atom. The summed E-state index contributed by atoms with van der Waals surface area (Å²) < 4.78 is 23.0. The van der Waals surface area contributed by atoms with Crippen LogP contribution in [0.4, 0.5) is 5.69 Å². The maximum Gasteiger partial charge on any atom is 0.251 e. The van der Waals surface area contributed by atoms with Crippen molar-refractivity contribution in [3.63, 3.8) is 0 Å². The van der Waals surface area contributed by atoms with Gasteiger partial charge in [-0.05, 0) is 37.0 Å². The lowest BCUT2D eigenvalue weighted by molar-refractivity contribution is 0.0939. The number of amides is 1. The Bertz CT molecular complexity index is 592. The first kappa shape index (κ1) is 13.9. The molecule has 1 saturated carbocycles. The minimum absolute atomic E-state index is 0.0706. The van der Waals surface area contributed by atoms with Crippen molar-refractivity contribution in [2.24, 2.45) is 5.92 Å². The number of hydrogen-bond donors (Lipinski definition) is 2. The molecule has 0 saturated heterocycles. The molecular formula is C13H18N2O3S. The summed E-state index contributed by atoms with van der Waals surface area (Å²) in [6.07, 6.45) is 4.60. The predicted molar refractivity (Wildman–Crippen MR) is 73.6 cm³/mol. The molecule has 6 heteroatoms. The van der Waals surface area contributed by atoms with Gasteiger partial charge in [-0.2, -0.15) is 0 Å². The zero-order valence-electron chi connectivity index (χ0n) is 10.8. The number of carbonyl (C=O) groups is 1. The van der Waals surface area contributed by atoms with E-state index in [0.29, 0.717) is 18.0 Å². The van der Waals surface area contributed by atoms with Gasteiger partial charge in [-0.15, -0.1) is 0 Å². The fourth-order valence-corrected chi connectivity index (χ4v) is 2.69. The lowest BCUT2D eigenvalue weighted by Gasteiger charge is -2.25. The van der Waals surface area contributed by atoms with Gasteiger partial charge < -0.3 is 11.1 Å². The van der Waals surface area contributed by atoms with Gasteiger partial charge in [-0.1, -0.05) is 6.42 Å². The molecule has 0 unspecified atom stereocenters. The number of rotatable bonds is 4. The third-order valence-electron chi connectivity index (χ3n) is 3.40. The van der Waals surface area contributed by atoms with Gasteiger partial charge in [0.2, 0.25) is 0 Å². The van der Waals surface area contributed by atoms with Gasteiger partial charge in [0.25, 0.3) is 5.91 Å². The molecule has 1 aliphatic rings. The van der Waals surface area contributed by atoms with Crippen LogP contribution in [0.1, 0.15) is 29.6 Å². The second-order valence-electron chi connectivity index (χ2n) is 5.07. The average molecular weight is 282 g/mol. The molecule has 5 nitrogen and oxygen atoms in total. The minimum atomic E-state index is -3.37. The number of benzene rings is 1. The highest BCUT2D eigenvalue weighted by Gasteiger charge is 2.19. The predicted octanol–water partition coefficient (Wildman–Crippen LogP) is 1.20. The van der Waals surface area contributed by atoms with Gasteiger partial charge in [0, 0.05) is 24.1 Å². The summed E-state index contributed by atoms with van der Waals surface area (Å²) in [5.74, 6) is 0.281. The zero-order valence-corrected chi connectivity index (χ0v) is 11.7. The molecule has 0 aromatic heterocycles. The zero-order chi connectivity index (χ0) is 14.0. The lowest BCUT2D eigenvalue weighted by atomic mass is 9.85. The molecule has 0 heterocycles. The fourth-order valence-electron chi connectivity index (χ4n) is 2.00. The Labute approximate surface area is 113 Å². The van der Waals surface area contributed by atoms with Crippen LogP contribution in [-0.4, -0.2) is 27.1 Å². The van der Waals surface area contributed by atoms with Crippen LogP contribution in [0.5, 0.6) is 0 Å². The monoisotopic (exact) mass is 282 g/mol. The van der Waals surface area contributed by atoms with E-state index in [1.165, 1.54) is 24.6 Å². The molecule has 0 spiro atoms. The van der Waals surface area contributed by atoms with Crippen molar-refractivity contribution in [2.45, 2.75) is 24.2 Å². The minimum Gasteiger partial charge on any atom is -0.399 e. The van der Waals surface area contributed by atoms with Crippen molar-refractivity contribution < 1.29 is 13.2 Å². The van der Waals surface area contributed by atoms with E-state index in [9.17, 15) is 13.2 Å². The van der Waals surface area contributed by atoms with Crippen LogP contribution in [-0.2, 0) is 9.84 Å². The molecule has 1 aromatic rings. The van der Waals surface area contributed by atoms with Gasteiger partial charge in [0.15, 0.2) is 9.84 Å². The van der Waals surface area contributed by atoms with Crippen LogP contribution in [0.25, 0.3) is 0 Å². The Morgan fingerprint density at radius 3 is 2.58 bits per heavy atom. The van der Waals surface area contributed by atoms with Crippen LogP contribution in [0.15, 0.2) is 23.1 Å². The second kappa shape index (κ2) is 5.21. The molecule has 2 rings (SSSR count). The van der Waals surface area contributed by atoms with E-state index < -0.39 is 9.84 Å². The highest BCUT2D eigenvalue weighted by atomic mass is 32.2. The third-order valence-corrected chi connectivity index (χ3v) is 4.49. The molecule has 104 valence electrons. The van der Waals surface area contributed by atoms with Crippen molar-refractivity contribution in [1.82, 2.24) is 5.32 Å². The highest BCUT2D eigenvalue weighted by Crippen LogP contribution is 2.25. The highest BCUT2D eigenvalue weighted by molar-refractivity contribution is 7.90. The summed E-state index contributed by atoms with van der Waals surface area (Å²) >= 11 is 0. The third kappa shape index (κ3) is 3.47. The van der Waals surface area contributed by atoms with Crippen LogP contribution < -0.4 is 11.1 Å². The maximum atomic E-state index is 12.0. The average Bonchev–Trinajstić information content (AvgIpc) is 2.24. The Morgan fingerprint density at radius 1 is 1.37 bits per heavy atom. The van der Waals surface area contributed by atoms with E-state index in [1.54, 1.807) is 0 Å². The molecule has 0 aliphatic heterocycles. The summed E-state index contributed by atoms with van der Waals surface area (Å²) in [4.78, 5) is 12.0. The van der Waals surface area contributed by atoms with Crippen molar-refractivity contribution >= 4 is 21.4 Å². The summed E-state index contributed by atoms with van der Waals surface area (Å²) in [6, 6.07) is 4.21. The topological polar surface area (TPSA) is 89.3 Å². The number of nitrogens with one attached hydrogen (secondary N) is 1. The van der Waals surface area contributed by atoms with E-state index in [-0.39, 0.29) is 16.5 Å². The molecule has 1 amide bonds. The van der Waals surface area contributed by atoms with E-state index >= 15 is 0 Å². The van der Waals surface area contributed by atoms with Gasteiger partial charge in [-0.25, -0.2) is 8.42 Å². The number of nitrogen functional groups attached to an aromatic ring is 1. The van der Waals surface area contributed by atoms with Gasteiger partial charge in [0.1, 0.15) is 0 Å². The quantitative estimate of drug-likeness (QED) is 0.812. The van der Waals surface area contributed by atoms with Gasteiger partial charge >= 0.3 is 0 Å². The molecular weight excluding hydrogens is 264 g/mol. The second-order valence-corrected chi connectivity index (χ2v) is 7.09. The molecule has 3 N–H and O–H groups in total. The van der Waals surface area contributed by atoms with E-state index in [1.807, 2.05) is 0 Å². The number of hydrogen-bond acceptors (Lipinski definition) is 4. The van der Waals surface area contributed by atoms with Crippen LogP contribution >= 0.6 is 0 Å². The Hall–Kier alpha value is -1.56. The lowest BCUT2D eigenvalue weighted by Crippen LogP contribution is -2.32. The van der Waals surface area contributed by atoms with Crippen molar-refractivity contribution in [3.05, 3.63) is 23.8 Å². The maximum absolute atomic E-state index is 12.0. The summed E-state index contributed by atoms with van der Waals surface area (Å²) in [5, 5.41) is 2.82. The van der Waals surface area contributed by atoms with Crippen LogP contribution in [0, 0.1) is 5.92 Å². The molecule has 1 aliphatic carbocycles. The van der Waals surface area contributed by atoms with Crippen LogP contribution in [0.2, 0.25) is 0 Å². The molecule has 0 bridgehead atoms. The van der Waals surface area contributed by atoms with Gasteiger partial charge in [-0.3, -0.25) is 4.79 Å². The summed E-state index contributed by atoms with van der Waals surface area (Å²) in [5.41, 5.74) is 6.21. The smallest absolute Gasteiger partial charge is 0.251 e. The summed E-state index contributed by atoms with van der Waals surface area (Å²) in [6.45, 7) is 0.641. The summed E-state index contributed by atoms with van der Waals surface area (Å²) in [7, 11) is -3.37. The van der Waals surface area contributed by atoms with Gasteiger partial charge in [0.05, 0.1) is 4.90 Å². The molecule has 0 radical (unpaired) electrons.